The fourth-order valence-electron chi connectivity index (χ4n) is 3.11. The fourth-order valence-corrected chi connectivity index (χ4v) is 3.41. The molecule has 6 nitrogen and oxygen atoms in total. The summed E-state index contributed by atoms with van der Waals surface area (Å²) in [5.74, 6) is 2.75. The Hall–Kier alpha value is -1.63. The van der Waals surface area contributed by atoms with E-state index in [2.05, 4.69) is 26.1 Å². The molecule has 1 aliphatic carbocycles. The maximum absolute atomic E-state index is 12.5. The Labute approximate surface area is 142 Å². The Morgan fingerprint density at radius 1 is 1.35 bits per heavy atom. The average Bonchev–Trinajstić information content (AvgIpc) is 3.16. The summed E-state index contributed by atoms with van der Waals surface area (Å²) < 4.78 is 11.3. The molecule has 2 aliphatic rings. The van der Waals surface area contributed by atoms with E-state index in [0.29, 0.717) is 34.7 Å². The molecule has 2 fully saturated rings. The highest BCUT2D eigenvalue weighted by atomic mass is 79.9. The molecule has 1 aliphatic heterocycles. The summed E-state index contributed by atoms with van der Waals surface area (Å²) in [6.07, 6.45) is 5.15. The smallest absolute Gasteiger partial charge is 0.289 e. The van der Waals surface area contributed by atoms with Gasteiger partial charge in [0.1, 0.15) is 0 Å². The molecule has 23 heavy (non-hydrogen) atoms. The largest absolute Gasteiger partial charge is 0.444 e. The normalized spacial score (nSPS) is 21.6. The number of hydrogen-bond acceptors (Lipinski definition) is 5. The van der Waals surface area contributed by atoms with Crippen LogP contribution >= 0.6 is 15.9 Å². The number of rotatable bonds is 4. The summed E-state index contributed by atoms with van der Waals surface area (Å²) in [7, 11) is 0. The fraction of sp³-hybridized carbons (Fsp3) is 0.562. The zero-order valence-corrected chi connectivity index (χ0v) is 14.3. The molecule has 0 N–H and O–H groups in total. The summed E-state index contributed by atoms with van der Waals surface area (Å²) in [6.45, 7) is 1.48. The van der Waals surface area contributed by atoms with E-state index in [4.69, 9.17) is 8.94 Å². The summed E-state index contributed by atoms with van der Waals surface area (Å²) in [5, 5.41) is 4.06. The minimum atomic E-state index is -0.0513. The number of halogens is 1. The molecule has 0 aromatic carbocycles. The van der Waals surface area contributed by atoms with E-state index < -0.39 is 0 Å². The standard InChI is InChI=1S/C16H18BrN3O3/c17-13-6-5-12(22-13)16(21)20-7-1-2-10(9-20)8-14-18-15(19-23-14)11-3-4-11/h5-6,10-11H,1-4,7-9H2/t10-/m1/s1. The second kappa shape index (κ2) is 6.11. The summed E-state index contributed by atoms with van der Waals surface area (Å²) in [5.41, 5.74) is 0. The van der Waals surface area contributed by atoms with Gasteiger partial charge in [-0.2, -0.15) is 4.98 Å². The first-order chi connectivity index (χ1) is 11.2. The molecule has 3 heterocycles. The lowest BCUT2D eigenvalue weighted by molar-refractivity contribution is 0.0635. The molecule has 1 saturated carbocycles. The predicted octanol–water partition coefficient (Wildman–Crippen LogP) is 3.40. The Bertz CT molecular complexity index is 707. The first kappa shape index (κ1) is 14.9. The highest BCUT2D eigenvalue weighted by Crippen LogP contribution is 2.38. The van der Waals surface area contributed by atoms with Gasteiger partial charge in [0, 0.05) is 25.4 Å². The van der Waals surface area contributed by atoms with Crippen molar-refractivity contribution in [2.24, 2.45) is 5.92 Å². The quantitative estimate of drug-likeness (QED) is 0.813. The van der Waals surface area contributed by atoms with Crippen molar-refractivity contribution in [3.05, 3.63) is 34.3 Å². The van der Waals surface area contributed by atoms with Crippen LogP contribution in [0.4, 0.5) is 0 Å². The summed E-state index contributed by atoms with van der Waals surface area (Å²) >= 11 is 3.23. The number of carbonyl (C=O) groups excluding carboxylic acids is 1. The van der Waals surface area contributed by atoms with Crippen molar-refractivity contribution in [3.63, 3.8) is 0 Å². The Morgan fingerprint density at radius 2 is 2.22 bits per heavy atom. The number of amides is 1. The van der Waals surface area contributed by atoms with Crippen LogP contribution in [0.2, 0.25) is 0 Å². The molecule has 0 spiro atoms. The number of hydrogen-bond donors (Lipinski definition) is 0. The molecule has 2 aromatic rings. The molecule has 0 unspecified atom stereocenters. The predicted molar refractivity (Wildman–Crippen MR) is 85.0 cm³/mol. The van der Waals surface area contributed by atoms with Crippen LogP contribution in [0, 0.1) is 5.92 Å². The molecular formula is C16H18BrN3O3. The van der Waals surface area contributed by atoms with E-state index in [1.165, 1.54) is 12.8 Å². The van der Waals surface area contributed by atoms with Crippen LogP contribution in [-0.4, -0.2) is 34.0 Å². The lowest BCUT2D eigenvalue weighted by Crippen LogP contribution is -2.40. The van der Waals surface area contributed by atoms with Gasteiger partial charge in [-0.1, -0.05) is 5.16 Å². The number of carbonyl (C=O) groups is 1. The van der Waals surface area contributed by atoms with Gasteiger partial charge >= 0.3 is 0 Å². The van der Waals surface area contributed by atoms with Crippen LogP contribution < -0.4 is 0 Å². The van der Waals surface area contributed by atoms with Crippen molar-refractivity contribution in [2.75, 3.05) is 13.1 Å². The van der Waals surface area contributed by atoms with Crippen molar-refractivity contribution in [3.8, 4) is 0 Å². The van der Waals surface area contributed by atoms with Crippen LogP contribution in [0.5, 0.6) is 0 Å². The van der Waals surface area contributed by atoms with Crippen LogP contribution in [0.25, 0.3) is 0 Å². The summed E-state index contributed by atoms with van der Waals surface area (Å²) in [6, 6.07) is 3.45. The number of likely N-dealkylation sites (tertiary alicyclic amines) is 1. The first-order valence-electron chi connectivity index (χ1n) is 8.06. The molecule has 0 radical (unpaired) electrons. The molecule has 4 rings (SSSR count). The highest BCUT2D eigenvalue weighted by Gasteiger charge is 2.30. The monoisotopic (exact) mass is 379 g/mol. The third-order valence-electron chi connectivity index (χ3n) is 4.48. The van der Waals surface area contributed by atoms with Crippen molar-refractivity contribution >= 4 is 21.8 Å². The Balaban J connectivity index is 1.39. The van der Waals surface area contributed by atoms with Crippen molar-refractivity contribution < 1.29 is 13.7 Å². The van der Waals surface area contributed by atoms with Crippen molar-refractivity contribution in [1.29, 1.82) is 0 Å². The molecule has 1 amide bonds. The zero-order valence-electron chi connectivity index (χ0n) is 12.7. The number of aromatic nitrogens is 2. The first-order valence-corrected chi connectivity index (χ1v) is 8.85. The minimum Gasteiger partial charge on any atom is -0.444 e. The van der Waals surface area contributed by atoms with Gasteiger partial charge in [-0.3, -0.25) is 4.79 Å². The Morgan fingerprint density at radius 3 is 2.96 bits per heavy atom. The van der Waals surface area contributed by atoms with E-state index in [-0.39, 0.29) is 5.91 Å². The molecule has 122 valence electrons. The van der Waals surface area contributed by atoms with Gasteiger partial charge in [0.05, 0.1) is 0 Å². The van der Waals surface area contributed by atoms with Crippen LogP contribution in [0.15, 0.2) is 25.7 Å². The van der Waals surface area contributed by atoms with Crippen LogP contribution in [0.1, 0.15) is 53.9 Å². The molecule has 1 saturated heterocycles. The summed E-state index contributed by atoms with van der Waals surface area (Å²) in [4.78, 5) is 18.8. The van der Waals surface area contributed by atoms with E-state index in [1.807, 2.05) is 4.90 Å². The zero-order chi connectivity index (χ0) is 15.8. The second-order valence-corrected chi connectivity index (χ2v) is 7.17. The van der Waals surface area contributed by atoms with Crippen molar-refractivity contribution in [1.82, 2.24) is 15.0 Å². The molecule has 1 atom stereocenters. The van der Waals surface area contributed by atoms with Gasteiger partial charge in [0.2, 0.25) is 5.89 Å². The second-order valence-electron chi connectivity index (χ2n) is 6.39. The third kappa shape index (κ3) is 3.34. The topological polar surface area (TPSA) is 72.4 Å². The van der Waals surface area contributed by atoms with Crippen LogP contribution in [-0.2, 0) is 6.42 Å². The van der Waals surface area contributed by atoms with Gasteiger partial charge in [0.25, 0.3) is 5.91 Å². The SMILES string of the molecule is O=C(c1ccc(Br)o1)N1CCC[C@H](Cc2nc(C3CC3)no2)C1. The van der Waals surface area contributed by atoms with Gasteiger partial charge < -0.3 is 13.8 Å². The van der Waals surface area contributed by atoms with Crippen molar-refractivity contribution in [2.45, 2.75) is 38.0 Å². The maximum Gasteiger partial charge on any atom is 0.289 e. The molecular weight excluding hydrogens is 362 g/mol. The highest BCUT2D eigenvalue weighted by molar-refractivity contribution is 9.10. The van der Waals surface area contributed by atoms with E-state index in [9.17, 15) is 4.79 Å². The molecule has 0 bridgehead atoms. The van der Waals surface area contributed by atoms with Crippen LogP contribution in [0.3, 0.4) is 0 Å². The van der Waals surface area contributed by atoms with E-state index >= 15 is 0 Å². The number of furan rings is 1. The Kier molecular flexibility index (Phi) is 3.97. The van der Waals surface area contributed by atoms with E-state index in [1.54, 1.807) is 12.1 Å². The van der Waals surface area contributed by atoms with Gasteiger partial charge in [-0.05, 0) is 59.7 Å². The van der Waals surface area contributed by atoms with Gasteiger partial charge in [-0.25, -0.2) is 0 Å². The number of piperidine rings is 1. The van der Waals surface area contributed by atoms with Gasteiger partial charge in [-0.15, -0.1) is 0 Å². The lowest BCUT2D eigenvalue weighted by atomic mass is 9.94. The molecule has 2 aromatic heterocycles. The van der Waals surface area contributed by atoms with E-state index in [0.717, 1.165) is 31.6 Å². The lowest BCUT2D eigenvalue weighted by Gasteiger charge is -2.31. The average molecular weight is 380 g/mol. The number of nitrogens with zero attached hydrogens (tertiary/aromatic N) is 3. The third-order valence-corrected chi connectivity index (χ3v) is 4.91. The minimum absolute atomic E-state index is 0.0513. The molecule has 7 heteroatoms. The maximum atomic E-state index is 12.5. The van der Waals surface area contributed by atoms with Gasteiger partial charge in [0.15, 0.2) is 16.3 Å².